The molecular formula is C32H31N5O3. The minimum absolute atomic E-state index is 0.218. The third-order valence-electron chi connectivity index (χ3n) is 7.17. The number of ether oxygens (including phenoxy) is 2. The fraction of sp³-hybridized carbons (Fsp3) is 0.188. The number of aryl methyl sites for hydroxylation is 1. The molecule has 0 radical (unpaired) electrons. The van der Waals surface area contributed by atoms with Crippen LogP contribution in [0.3, 0.4) is 0 Å². The number of nitrogens with one attached hydrogen (secondary N) is 1. The van der Waals surface area contributed by atoms with E-state index in [4.69, 9.17) is 14.6 Å². The zero-order valence-electron chi connectivity index (χ0n) is 22.7. The number of carbonyl (C=O) groups is 1. The molecule has 3 heterocycles. The van der Waals surface area contributed by atoms with E-state index in [1.165, 1.54) is 0 Å². The van der Waals surface area contributed by atoms with Gasteiger partial charge in [0.25, 0.3) is 0 Å². The van der Waals surface area contributed by atoms with Crippen LogP contribution in [0.4, 0.5) is 10.5 Å². The molecule has 8 nitrogen and oxygen atoms in total. The molecule has 0 fully saturated rings. The number of fused-ring (bicyclic) bond motifs is 3. The van der Waals surface area contributed by atoms with Gasteiger partial charge in [0.1, 0.15) is 17.3 Å². The van der Waals surface area contributed by atoms with Crippen molar-refractivity contribution < 1.29 is 14.3 Å². The second-order valence-electron chi connectivity index (χ2n) is 9.63. The molecule has 8 heteroatoms. The summed E-state index contributed by atoms with van der Waals surface area (Å²) in [6.07, 6.45) is 2.04. The Hall–Kier alpha value is -4.98. The first kappa shape index (κ1) is 25.3. The van der Waals surface area contributed by atoms with Gasteiger partial charge in [-0.25, -0.2) is 9.48 Å². The third-order valence-corrected chi connectivity index (χ3v) is 7.17. The molecule has 40 heavy (non-hydrogen) atoms. The largest absolute Gasteiger partial charge is 0.497 e. The summed E-state index contributed by atoms with van der Waals surface area (Å²) in [6, 6.07) is 28.9. The number of nitrogens with zero attached hydrogens (tertiary/aromatic N) is 4. The van der Waals surface area contributed by atoms with Crippen molar-refractivity contribution in [1.82, 2.24) is 19.2 Å². The smallest absolute Gasteiger partial charge is 0.322 e. The summed E-state index contributed by atoms with van der Waals surface area (Å²) in [5, 5.41) is 8.03. The Morgan fingerprint density at radius 1 is 0.975 bits per heavy atom. The van der Waals surface area contributed by atoms with Crippen molar-refractivity contribution in [3.8, 4) is 23.0 Å². The highest BCUT2D eigenvalue weighted by Crippen LogP contribution is 2.39. The summed E-state index contributed by atoms with van der Waals surface area (Å²) < 4.78 is 15.2. The van der Waals surface area contributed by atoms with E-state index in [-0.39, 0.29) is 12.1 Å². The summed E-state index contributed by atoms with van der Waals surface area (Å²) in [7, 11) is 1.62. The van der Waals surface area contributed by atoms with E-state index in [9.17, 15) is 4.79 Å². The molecule has 1 aliphatic rings. The highest BCUT2D eigenvalue weighted by atomic mass is 16.5. The fourth-order valence-corrected chi connectivity index (χ4v) is 5.31. The number of benzene rings is 3. The van der Waals surface area contributed by atoms with Gasteiger partial charge < -0.3 is 24.3 Å². The van der Waals surface area contributed by atoms with E-state index in [0.29, 0.717) is 18.8 Å². The molecule has 0 saturated heterocycles. The lowest BCUT2D eigenvalue weighted by atomic mass is 10.0. The SMILES string of the molecule is CCOc1cccc([C@H]2c3cccn3-c3c(c(C)nn3-c3ccccc3)CN2C(=O)Nc2ccc(OC)cc2)c1. The minimum atomic E-state index is -0.385. The second-order valence-corrected chi connectivity index (χ2v) is 9.63. The molecule has 2 aromatic heterocycles. The first-order valence-electron chi connectivity index (χ1n) is 13.3. The zero-order valence-corrected chi connectivity index (χ0v) is 22.7. The molecule has 202 valence electrons. The van der Waals surface area contributed by atoms with Crippen LogP contribution in [-0.2, 0) is 6.54 Å². The number of carbonyl (C=O) groups excluding carboxylic acids is 1. The molecule has 0 unspecified atom stereocenters. The molecule has 5 aromatic rings. The van der Waals surface area contributed by atoms with Crippen molar-refractivity contribution >= 4 is 11.7 Å². The average Bonchev–Trinajstić information content (AvgIpc) is 3.54. The Bertz CT molecular complexity index is 1640. The maximum atomic E-state index is 14.1. The van der Waals surface area contributed by atoms with Crippen molar-refractivity contribution in [3.63, 3.8) is 0 Å². The van der Waals surface area contributed by atoms with E-state index in [1.54, 1.807) is 7.11 Å². The van der Waals surface area contributed by atoms with Gasteiger partial charge in [-0.15, -0.1) is 0 Å². The second kappa shape index (κ2) is 10.6. The lowest BCUT2D eigenvalue weighted by molar-refractivity contribution is 0.194. The predicted octanol–water partition coefficient (Wildman–Crippen LogP) is 6.52. The molecule has 1 aliphatic heterocycles. The predicted molar refractivity (Wildman–Crippen MR) is 155 cm³/mol. The maximum absolute atomic E-state index is 14.1. The molecule has 0 bridgehead atoms. The minimum Gasteiger partial charge on any atom is -0.497 e. The van der Waals surface area contributed by atoms with E-state index < -0.39 is 0 Å². The molecule has 2 amide bonds. The monoisotopic (exact) mass is 533 g/mol. The standard InChI is InChI=1S/C32H31N5O3/c1-4-40-27-13-8-10-23(20-27)30-29-14-9-19-35(29)31-28(22(2)34-37(31)25-11-6-5-7-12-25)21-36(30)32(38)33-24-15-17-26(39-3)18-16-24/h5-20,30H,4,21H2,1-3H3,(H,33,38)/t30-/m0/s1. The normalized spacial score (nSPS) is 14.2. The highest BCUT2D eigenvalue weighted by Gasteiger charge is 2.36. The van der Waals surface area contributed by atoms with E-state index in [1.807, 2.05) is 115 Å². The van der Waals surface area contributed by atoms with Crippen LogP contribution in [0.15, 0.2) is 97.2 Å². The van der Waals surface area contributed by atoms with E-state index in [2.05, 4.69) is 16.0 Å². The molecule has 0 spiro atoms. The van der Waals surface area contributed by atoms with Crippen molar-refractivity contribution in [2.24, 2.45) is 0 Å². The van der Waals surface area contributed by atoms with Crippen LogP contribution in [-0.4, -0.2) is 39.0 Å². The first-order valence-corrected chi connectivity index (χ1v) is 13.3. The fourth-order valence-electron chi connectivity index (χ4n) is 5.31. The van der Waals surface area contributed by atoms with Crippen LogP contribution in [0.25, 0.3) is 11.5 Å². The molecule has 1 atom stereocenters. The summed E-state index contributed by atoms with van der Waals surface area (Å²) in [5.41, 5.74) is 5.40. The number of amides is 2. The van der Waals surface area contributed by atoms with Crippen LogP contribution in [0.2, 0.25) is 0 Å². The number of para-hydroxylation sites is 1. The van der Waals surface area contributed by atoms with Gasteiger partial charge in [-0.1, -0.05) is 30.3 Å². The third kappa shape index (κ3) is 4.58. The van der Waals surface area contributed by atoms with Crippen LogP contribution in [0.5, 0.6) is 11.5 Å². The van der Waals surface area contributed by atoms with Gasteiger partial charge in [-0.3, -0.25) is 0 Å². The van der Waals surface area contributed by atoms with E-state index >= 15 is 0 Å². The first-order chi connectivity index (χ1) is 19.6. The van der Waals surface area contributed by atoms with Crippen molar-refractivity contribution in [3.05, 3.63) is 120 Å². The Morgan fingerprint density at radius 2 is 1.77 bits per heavy atom. The average molecular weight is 534 g/mol. The Kier molecular flexibility index (Phi) is 6.74. The number of methoxy groups -OCH3 is 1. The number of urea groups is 1. The van der Waals surface area contributed by atoms with Gasteiger partial charge in [0.15, 0.2) is 0 Å². The van der Waals surface area contributed by atoms with Crippen LogP contribution >= 0.6 is 0 Å². The number of aromatic nitrogens is 3. The lowest BCUT2D eigenvalue weighted by Gasteiger charge is -2.31. The molecule has 6 rings (SSSR count). The van der Waals surface area contributed by atoms with Gasteiger partial charge in [0.05, 0.1) is 43.4 Å². The van der Waals surface area contributed by atoms with E-state index in [0.717, 1.165) is 45.5 Å². The highest BCUT2D eigenvalue weighted by molar-refractivity contribution is 5.90. The van der Waals surface area contributed by atoms with Crippen molar-refractivity contribution in [1.29, 1.82) is 0 Å². The van der Waals surface area contributed by atoms with Gasteiger partial charge in [-0.2, -0.15) is 5.10 Å². The Labute approximate surface area is 233 Å². The zero-order chi connectivity index (χ0) is 27.6. The number of hydrogen-bond acceptors (Lipinski definition) is 4. The molecule has 3 aromatic carbocycles. The summed E-state index contributed by atoms with van der Waals surface area (Å²) >= 11 is 0. The number of hydrogen-bond donors (Lipinski definition) is 1. The number of rotatable bonds is 6. The van der Waals surface area contributed by atoms with Crippen LogP contribution < -0.4 is 14.8 Å². The summed E-state index contributed by atoms with van der Waals surface area (Å²) in [6.45, 7) is 4.88. The van der Waals surface area contributed by atoms with Gasteiger partial charge >= 0.3 is 6.03 Å². The Morgan fingerprint density at radius 3 is 2.52 bits per heavy atom. The number of anilines is 1. The topological polar surface area (TPSA) is 73.5 Å². The molecule has 1 N–H and O–H groups in total. The van der Waals surface area contributed by atoms with Crippen LogP contribution in [0, 0.1) is 6.92 Å². The molecule has 0 saturated carbocycles. The van der Waals surface area contributed by atoms with Crippen molar-refractivity contribution in [2.75, 3.05) is 19.0 Å². The summed E-state index contributed by atoms with van der Waals surface area (Å²) in [5.74, 6) is 2.42. The van der Waals surface area contributed by atoms with Gasteiger partial charge in [-0.05, 0) is 80.1 Å². The quantitative estimate of drug-likeness (QED) is 0.270. The maximum Gasteiger partial charge on any atom is 0.322 e. The summed E-state index contributed by atoms with van der Waals surface area (Å²) in [4.78, 5) is 16.0. The van der Waals surface area contributed by atoms with Crippen molar-refractivity contribution in [2.45, 2.75) is 26.4 Å². The van der Waals surface area contributed by atoms with Crippen LogP contribution in [0.1, 0.15) is 35.5 Å². The Balaban J connectivity index is 1.51. The molecule has 0 aliphatic carbocycles. The lowest BCUT2D eigenvalue weighted by Crippen LogP contribution is -2.38. The van der Waals surface area contributed by atoms with Gasteiger partial charge in [0.2, 0.25) is 0 Å². The van der Waals surface area contributed by atoms with Gasteiger partial charge in [0, 0.05) is 17.4 Å². The molecular weight excluding hydrogens is 502 g/mol.